The van der Waals surface area contributed by atoms with Crippen LogP contribution in [0.1, 0.15) is 142 Å². The molecule has 0 aliphatic heterocycles. The van der Waals surface area contributed by atoms with Gasteiger partial charge < -0.3 is 46.4 Å². The van der Waals surface area contributed by atoms with Crippen molar-refractivity contribution in [2.75, 3.05) is 0 Å². The van der Waals surface area contributed by atoms with Crippen LogP contribution in [0.25, 0.3) is 45.1 Å². The molecule has 5 aromatic rings. The van der Waals surface area contributed by atoms with E-state index in [-0.39, 0.29) is 54.0 Å². The summed E-state index contributed by atoms with van der Waals surface area (Å²) in [5.41, 5.74) is 6.33. The Morgan fingerprint density at radius 3 is 1.08 bits per heavy atom. The van der Waals surface area contributed by atoms with E-state index in [0.29, 0.717) is 0 Å². The molecule has 0 amide bonds. The molecule has 0 saturated carbocycles. The predicted octanol–water partition coefficient (Wildman–Crippen LogP) is 3.97. The van der Waals surface area contributed by atoms with Gasteiger partial charge in [-0.15, -0.1) is 0 Å². The molecule has 3 heterocycles. The number of unbranched alkanes of at least 4 members (excludes halogenated alkanes) is 18. The molecule has 0 N–H and O–H groups in total. The van der Waals surface area contributed by atoms with Gasteiger partial charge in [-0.05, 0) is 49.2 Å². The fraction of sp³-hybridized carbons (Fsp3) is 0.558. The summed E-state index contributed by atoms with van der Waals surface area (Å²) in [7, 11) is 0. The number of halogens is 3. The van der Waals surface area contributed by atoms with Gasteiger partial charge in [0.1, 0.15) is 11.4 Å². The summed E-state index contributed by atoms with van der Waals surface area (Å²) in [5.74, 6) is 1.93. The van der Waals surface area contributed by atoms with Gasteiger partial charge in [-0.2, -0.15) is 0 Å². The summed E-state index contributed by atoms with van der Waals surface area (Å²) in [6.45, 7) is 6.52. The number of hydrogen-bond donors (Lipinski definition) is 0. The van der Waals surface area contributed by atoms with Crippen LogP contribution < -0.4 is 37.2 Å². The normalized spacial score (nSPS) is 10.8. The first-order chi connectivity index (χ1) is 23.8. The van der Waals surface area contributed by atoms with Gasteiger partial charge in [0, 0.05) is 13.1 Å². The minimum atomic E-state index is 0. The van der Waals surface area contributed by atoms with Crippen molar-refractivity contribution in [1.29, 1.82) is 0 Å². The summed E-state index contributed by atoms with van der Waals surface area (Å²) in [6, 6.07) is 23.5. The summed E-state index contributed by atoms with van der Waals surface area (Å²) in [4.78, 5) is 15.5. The Balaban J connectivity index is 0.00000338. The molecular formula is C43H61Cl3CoN5. The van der Waals surface area contributed by atoms with Crippen molar-refractivity contribution in [3.63, 3.8) is 0 Å². The number of hydrogen-bond acceptors (Lipinski definition) is 3. The maximum atomic E-state index is 5.26. The molecule has 0 saturated heterocycles. The summed E-state index contributed by atoms with van der Waals surface area (Å²) in [6.07, 6.45) is 26.8. The average molecular weight is 813 g/mol. The topological polar surface area (TPSA) is 48.5 Å². The van der Waals surface area contributed by atoms with Crippen molar-refractivity contribution < 1.29 is 54.0 Å². The third-order valence-corrected chi connectivity index (χ3v) is 9.99. The smallest absolute Gasteiger partial charge is 1.00 e. The zero-order valence-electron chi connectivity index (χ0n) is 31.6. The van der Waals surface area contributed by atoms with E-state index in [0.717, 1.165) is 60.0 Å². The van der Waals surface area contributed by atoms with E-state index < -0.39 is 0 Å². The molecule has 288 valence electrons. The Bertz CT molecular complexity index is 1540. The van der Waals surface area contributed by atoms with E-state index in [9.17, 15) is 0 Å². The van der Waals surface area contributed by atoms with Crippen LogP contribution in [-0.4, -0.2) is 24.1 Å². The van der Waals surface area contributed by atoms with Gasteiger partial charge in [-0.1, -0.05) is 160 Å². The van der Waals surface area contributed by atoms with Crippen molar-refractivity contribution in [3.8, 4) is 23.0 Å². The third-order valence-electron chi connectivity index (χ3n) is 9.99. The number of nitrogens with zero attached hydrogens (tertiary/aromatic N) is 5. The first kappa shape index (κ1) is 47.9. The number of fused-ring (bicyclic) bond motifs is 2. The standard InChI is InChI=1S/C43H61N5.3ClH.Co/c1-3-5-7-9-11-13-15-17-19-25-34-47-40-32-23-21-28-36(40)45-42(47)38-30-27-31-39(44-38)43-46-37-29-22-24-33-41(37)48(43)35-26-20-18-16-14-12-10-8-6-4-2;;;;/h21-24,27-33H,3-20,25-26,34-35H2,1-2H3;3*1H;/q;;;;+3/p-3. The van der Waals surface area contributed by atoms with E-state index in [1.807, 2.05) is 0 Å². The van der Waals surface area contributed by atoms with Crippen molar-refractivity contribution in [3.05, 3.63) is 66.7 Å². The Hall–Kier alpha value is -2.09. The van der Waals surface area contributed by atoms with E-state index in [2.05, 4.69) is 89.7 Å². The van der Waals surface area contributed by atoms with Crippen LogP contribution in [0.4, 0.5) is 0 Å². The molecule has 3 aromatic heterocycles. The zero-order chi connectivity index (χ0) is 33.2. The van der Waals surface area contributed by atoms with Gasteiger partial charge >= 0.3 is 16.8 Å². The number of rotatable bonds is 24. The molecule has 0 aliphatic carbocycles. The maximum absolute atomic E-state index is 5.26. The zero-order valence-corrected chi connectivity index (χ0v) is 34.9. The van der Waals surface area contributed by atoms with Gasteiger partial charge in [0.2, 0.25) is 0 Å². The summed E-state index contributed by atoms with van der Waals surface area (Å²) >= 11 is 0. The number of benzene rings is 2. The van der Waals surface area contributed by atoms with Gasteiger partial charge in [0.15, 0.2) is 11.6 Å². The molecule has 0 atom stereocenters. The Morgan fingerprint density at radius 1 is 0.385 bits per heavy atom. The molecule has 0 fully saturated rings. The van der Waals surface area contributed by atoms with Gasteiger partial charge in [0.25, 0.3) is 0 Å². The molecule has 0 bridgehead atoms. The first-order valence-corrected chi connectivity index (χ1v) is 19.7. The predicted molar refractivity (Wildman–Crippen MR) is 205 cm³/mol. The van der Waals surface area contributed by atoms with E-state index in [4.69, 9.17) is 15.0 Å². The van der Waals surface area contributed by atoms with Crippen LogP contribution in [0.2, 0.25) is 0 Å². The van der Waals surface area contributed by atoms with Crippen LogP contribution in [0, 0.1) is 0 Å². The fourth-order valence-electron chi connectivity index (χ4n) is 7.19. The fourth-order valence-corrected chi connectivity index (χ4v) is 7.19. The second kappa shape index (κ2) is 27.5. The second-order valence-corrected chi connectivity index (χ2v) is 13.9. The SMILES string of the molecule is CCCCCCCCCCCCn1c(-c2cccc(-c3nc4ccccc4n3CCCCCCCCCCCC)n2)nc2ccccc21.[Cl-].[Cl-].[Cl-].[Co+3]. The van der Waals surface area contributed by atoms with Gasteiger partial charge in [-0.25, -0.2) is 15.0 Å². The summed E-state index contributed by atoms with van der Waals surface area (Å²) in [5, 5.41) is 0. The Kier molecular flexibility index (Phi) is 25.3. The minimum absolute atomic E-state index is 0. The number of imidazole rings is 2. The van der Waals surface area contributed by atoms with Crippen LogP contribution >= 0.6 is 0 Å². The largest absolute Gasteiger partial charge is 3.00 e. The molecule has 5 nitrogen and oxygen atoms in total. The molecule has 0 unspecified atom stereocenters. The monoisotopic (exact) mass is 811 g/mol. The van der Waals surface area contributed by atoms with Crippen LogP contribution in [0.3, 0.4) is 0 Å². The average Bonchev–Trinajstić information content (AvgIpc) is 3.68. The first-order valence-electron chi connectivity index (χ1n) is 19.7. The van der Waals surface area contributed by atoms with Crippen molar-refractivity contribution >= 4 is 22.1 Å². The molecule has 2 aromatic carbocycles. The summed E-state index contributed by atoms with van der Waals surface area (Å²) < 4.78 is 4.80. The van der Waals surface area contributed by atoms with E-state index >= 15 is 0 Å². The number of pyridine rings is 1. The third kappa shape index (κ3) is 14.3. The molecule has 52 heavy (non-hydrogen) atoms. The van der Waals surface area contributed by atoms with Crippen LogP contribution in [0.15, 0.2) is 66.7 Å². The van der Waals surface area contributed by atoms with Crippen molar-refractivity contribution in [2.24, 2.45) is 0 Å². The molecule has 9 heteroatoms. The molecule has 0 aliphatic rings. The molecule has 0 spiro atoms. The number of aromatic nitrogens is 5. The van der Waals surface area contributed by atoms with E-state index in [1.165, 1.54) is 127 Å². The number of para-hydroxylation sites is 4. The van der Waals surface area contributed by atoms with Crippen molar-refractivity contribution in [1.82, 2.24) is 24.1 Å². The Labute approximate surface area is 343 Å². The van der Waals surface area contributed by atoms with Crippen LogP contribution in [-0.2, 0) is 29.9 Å². The molecule has 0 radical (unpaired) electrons. The van der Waals surface area contributed by atoms with E-state index in [1.54, 1.807) is 0 Å². The van der Waals surface area contributed by atoms with Crippen molar-refractivity contribution in [2.45, 2.75) is 155 Å². The number of aryl methyl sites for hydroxylation is 2. The second-order valence-electron chi connectivity index (χ2n) is 13.9. The quantitative estimate of drug-likeness (QED) is 0.0888. The van der Waals surface area contributed by atoms with Gasteiger partial charge in [0.05, 0.1) is 22.1 Å². The Morgan fingerprint density at radius 2 is 0.712 bits per heavy atom. The van der Waals surface area contributed by atoms with Gasteiger partial charge in [-0.3, -0.25) is 0 Å². The molecule has 5 rings (SSSR count). The van der Waals surface area contributed by atoms with Crippen LogP contribution in [0.5, 0.6) is 0 Å². The maximum Gasteiger partial charge on any atom is 3.00 e. The molecular weight excluding hydrogens is 752 g/mol. The minimum Gasteiger partial charge on any atom is -1.00 e.